The zero-order chi connectivity index (χ0) is 11.7. The summed E-state index contributed by atoms with van der Waals surface area (Å²) in [5.41, 5.74) is 0.580. The van der Waals surface area contributed by atoms with Crippen LogP contribution in [-0.2, 0) is 0 Å². The Morgan fingerprint density at radius 2 is 2.06 bits per heavy atom. The first kappa shape index (κ1) is 10.9. The van der Waals surface area contributed by atoms with E-state index in [9.17, 15) is 9.18 Å². The summed E-state index contributed by atoms with van der Waals surface area (Å²) >= 11 is 3.22. The van der Waals surface area contributed by atoms with Gasteiger partial charge in [-0.25, -0.2) is 9.18 Å². The first-order valence-corrected chi connectivity index (χ1v) is 5.25. The van der Waals surface area contributed by atoms with E-state index in [4.69, 9.17) is 5.11 Å². The van der Waals surface area contributed by atoms with Gasteiger partial charge in [0.25, 0.3) is 0 Å². The van der Waals surface area contributed by atoms with E-state index in [2.05, 4.69) is 20.9 Å². The van der Waals surface area contributed by atoms with Crippen molar-refractivity contribution in [3.8, 4) is 11.1 Å². The van der Waals surface area contributed by atoms with Crippen molar-refractivity contribution in [3.63, 3.8) is 0 Å². The maximum absolute atomic E-state index is 13.5. The first-order valence-electron chi connectivity index (χ1n) is 4.45. The van der Waals surface area contributed by atoms with Crippen molar-refractivity contribution < 1.29 is 14.3 Å². The monoisotopic (exact) mass is 283 g/mol. The second-order valence-electron chi connectivity index (χ2n) is 3.20. The van der Waals surface area contributed by atoms with Gasteiger partial charge in [-0.1, -0.05) is 15.9 Å². The van der Waals surface area contributed by atoms with E-state index in [1.165, 1.54) is 18.3 Å². The molecule has 0 aliphatic rings. The van der Waals surface area contributed by atoms with Crippen LogP contribution in [0.4, 0.5) is 4.39 Å². The van der Waals surface area contributed by atoms with Crippen LogP contribution in [-0.4, -0.2) is 16.1 Å². The topological polar surface area (TPSA) is 53.1 Å². The number of aromatic carboxylic acids is 1. The average Bonchev–Trinajstić information content (AvgIpc) is 2.70. The van der Waals surface area contributed by atoms with Gasteiger partial charge in [-0.2, -0.15) is 0 Å². The van der Waals surface area contributed by atoms with Crippen LogP contribution in [0, 0.1) is 5.82 Å². The number of aromatic amines is 1. The lowest BCUT2D eigenvalue weighted by atomic mass is 10.1. The Kier molecular flexibility index (Phi) is 2.78. The molecule has 2 aromatic rings. The van der Waals surface area contributed by atoms with Crippen molar-refractivity contribution in [1.82, 2.24) is 4.98 Å². The van der Waals surface area contributed by atoms with E-state index >= 15 is 0 Å². The van der Waals surface area contributed by atoms with Gasteiger partial charge in [0.1, 0.15) is 11.5 Å². The van der Waals surface area contributed by atoms with Gasteiger partial charge < -0.3 is 10.1 Å². The molecule has 0 unspecified atom stereocenters. The second kappa shape index (κ2) is 4.09. The van der Waals surface area contributed by atoms with Crippen LogP contribution in [0.25, 0.3) is 11.1 Å². The molecule has 1 aromatic heterocycles. The molecule has 0 fully saturated rings. The van der Waals surface area contributed by atoms with Gasteiger partial charge in [-0.3, -0.25) is 0 Å². The number of carboxylic acids is 1. The van der Waals surface area contributed by atoms with Crippen molar-refractivity contribution >= 4 is 21.9 Å². The van der Waals surface area contributed by atoms with Crippen molar-refractivity contribution in [2.75, 3.05) is 0 Å². The first-order chi connectivity index (χ1) is 7.59. The fourth-order valence-corrected chi connectivity index (χ4v) is 1.84. The molecule has 0 saturated carbocycles. The minimum absolute atomic E-state index is 0.0167. The van der Waals surface area contributed by atoms with Gasteiger partial charge in [0.15, 0.2) is 0 Å². The smallest absolute Gasteiger partial charge is 0.352 e. The van der Waals surface area contributed by atoms with Gasteiger partial charge in [0, 0.05) is 21.8 Å². The lowest BCUT2D eigenvalue weighted by Crippen LogP contribution is -1.99. The molecule has 0 aliphatic heterocycles. The van der Waals surface area contributed by atoms with Crippen LogP contribution in [0.5, 0.6) is 0 Å². The number of nitrogens with one attached hydrogen (secondary N) is 1. The summed E-state index contributed by atoms with van der Waals surface area (Å²) in [7, 11) is 0. The van der Waals surface area contributed by atoms with Crippen molar-refractivity contribution in [3.05, 3.63) is 46.4 Å². The zero-order valence-electron chi connectivity index (χ0n) is 8.00. The Morgan fingerprint density at radius 1 is 1.31 bits per heavy atom. The van der Waals surface area contributed by atoms with Crippen LogP contribution < -0.4 is 0 Å². The second-order valence-corrected chi connectivity index (χ2v) is 4.11. The third kappa shape index (κ3) is 1.86. The number of hydrogen-bond donors (Lipinski definition) is 2. The van der Waals surface area contributed by atoms with Crippen LogP contribution >= 0.6 is 15.9 Å². The number of hydrogen-bond acceptors (Lipinski definition) is 1. The third-order valence-corrected chi connectivity index (χ3v) is 2.67. The normalized spacial score (nSPS) is 10.4. The molecule has 0 radical (unpaired) electrons. The summed E-state index contributed by atoms with van der Waals surface area (Å²) in [6.07, 6.45) is 1.47. The molecule has 0 atom stereocenters. The van der Waals surface area contributed by atoms with Crippen LogP contribution in [0.1, 0.15) is 10.5 Å². The van der Waals surface area contributed by atoms with E-state index in [-0.39, 0.29) is 11.3 Å². The van der Waals surface area contributed by atoms with Gasteiger partial charge in [-0.05, 0) is 24.3 Å². The summed E-state index contributed by atoms with van der Waals surface area (Å²) in [5, 5.41) is 8.91. The lowest BCUT2D eigenvalue weighted by Gasteiger charge is -2.03. The quantitative estimate of drug-likeness (QED) is 0.889. The van der Waals surface area contributed by atoms with E-state index in [1.54, 1.807) is 12.1 Å². The lowest BCUT2D eigenvalue weighted by molar-refractivity contribution is 0.0692. The van der Waals surface area contributed by atoms with Gasteiger partial charge in [0.2, 0.25) is 0 Å². The number of carbonyl (C=O) groups is 1. The minimum Gasteiger partial charge on any atom is -0.477 e. The van der Waals surface area contributed by atoms with E-state index in [1.807, 2.05) is 0 Å². The van der Waals surface area contributed by atoms with E-state index in [0.29, 0.717) is 10.0 Å². The molecule has 1 heterocycles. The molecule has 0 saturated heterocycles. The number of carboxylic acid groups (broad SMARTS) is 1. The number of halogens is 2. The highest BCUT2D eigenvalue weighted by atomic mass is 79.9. The molecule has 0 bridgehead atoms. The Hall–Kier alpha value is -1.62. The van der Waals surface area contributed by atoms with E-state index in [0.717, 1.165) is 0 Å². The van der Waals surface area contributed by atoms with Gasteiger partial charge in [0.05, 0.1) is 0 Å². The molecule has 5 heteroatoms. The molecule has 2 rings (SSSR count). The SMILES string of the molecule is O=C(O)c1[nH]ccc1-c1cc(Br)ccc1F. The highest BCUT2D eigenvalue weighted by Gasteiger charge is 2.15. The molecule has 0 spiro atoms. The zero-order valence-corrected chi connectivity index (χ0v) is 9.58. The van der Waals surface area contributed by atoms with Crippen molar-refractivity contribution in [2.45, 2.75) is 0 Å². The Balaban J connectivity index is 2.62. The van der Waals surface area contributed by atoms with Crippen LogP contribution in [0.15, 0.2) is 34.9 Å². The standard InChI is InChI=1S/C11H7BrFNO2/c12-6-1-2-9(13)8(5-6)7-3-4-14-10(7)11(15)16/h1-5,14H,(H,15,16). The highest BCUT2D eigenvalue weighted by molar-refractivity contribution is 9.10. The summed E-state index contributed by atoms with van der Waals surface area (Å²) in [6, 6.07) is 5.93. The predicted octanol–water partition coefficient (Wildman–Crippen LogP) is 3.28. The molecule has 0 aliphatic carbocycles. The van der Waals surface area contributed by atoms with Crippen LogP contribution in [0.3, 0.4) is 0 Å². The van der Waals surface area contributed by atoms with Gasteiger partial charge in [-0.15, -0.1) is 0 Å². The summed E-state index contributed by atoms with van der Waals surface area (Å²) < 4.78 is 14.2. The number of aromatic nitrogens is 1. The number of H-pyrrole nitrogens is 1. The molecule has 16 heavy (non-hydrogen) atoms. The molecule has 3 nitrogen and oxygen atoms in total. The maximum atomic E-state index is 13.5. The van der Waals surface area contributed by atoms with E-state index < -0.39 is 11.8 Å². The highest BCUT2D eigenvalue weighted by Crippen LogP contribution is 2.28. The minimum atomic E-state index is -1.11. The molecule has 1 aromatic carbocycles. The van der Waals surface area contributed by atoms with Crippen LogP contribution in [0.2, 0.25) is 0 Å². The van der Waals surface area contributed by atoms with Crippen molar-refractivity contribution in [2.24, 2.45) is 0 Å². The summed E-state index contributed by atoms with van der Waals surface area (Å²) in [6.45, 7) is 0. The molecule has 0 amide bonds. The summed E-state index contributed by atoms with van der Waals surface area (Å²) in [5.74, 6) is -1.57. The maximum Gasteiger partial charge on any atom is 0.352 e. The predicted molar refractivity (Wildman–Crippen MR) is 60.8 cm³/mol. The number of rotatable bonds is 2. The number of benzene rings is 1. The summed E-state index contributed by atoms with van der Waals surface area (Å²) in [4.78, 5) is 13.5. The third-order valence-electron chi connectivity index (χ3n) is 2.18. The van der Waals surface area contributed by atoms with Gasteiger partial charge >= 0.3 is 5.97 Å². The molecular weight excluding hydrogens is 277 g/mol. The average molecular weight is 284 g/mol. The Morgan fingerprint density at radius 3 is 2.75 bits per heavy atom. The molecular formula is C11H7BrFNO2. The van der Waals surface area contributed by atoms with Crippen molar-refractivity contribution in [1.29, 1.82) is 0 Å². The molecule has 82 valence electrons. The fourth-order valence-electron chi connectivity index (χ4n) is 1.47. The Labute approximate surface area is 99.1 Å². The molecule has 2 N–H and O–H groups in total. The largest absolute Gasteiger partial charge is 0.477 e. The Bertz CT molecular complexity index is 551. The fraction of sp³-hybridized carbons (Fsp3) is 0.